The molecule has 0 unspecified atom stereocenters. The Morgan fingerprint density at radius 3 is 1.60 bits per heavy atom. The van der Waals surface area contributed by atoms with Gasteiger partial charge in [-0.3, -0.25) is 24.9 Å². The standard InChI is InChI=1S/C13H15NO.C12H12ClN.C12H14N2.C12H13N.C11H11ClN2/c1-9(2)11-7-10-5-4-6-12(15-3)13(10)14-8-11;1-8(2)9-6-10-11(13)4-3-5-12(10)14-7-9;1-8(2)12-7-13-10-5-4-9(3)6-11(10)14-12;1-9(2)11-7-10-5-3-4-6-12(10)13-8-11;1-7(2)11-6-13-10-5-8(12)3-4-9(10)14-11/h4-9H,1-3H3;3-8H,1-2H3;4-8H,1-3H3;3-9H,1-2H3;3-7H,1-2H3. The molecule has 5 heterocycles. The molecule has 0 aliphatic rings. The molecule has 0 fully saturated rings. The summed E-state index contributed by atoms with van der Waals surface area (Å²) >= 11 is 11.9. The number of benzene rings is 5. The lowest BCUT2D eigenvalue weighted by atomic mass is 10.0. The number of aryl methyl sites for hydroxylation is 1. The Hall–Kier alpha value is -6.61. The second kappa shape index (κ2) is 24.8. The highest BCUT2D eigenvalue weighted by Gasteiger charge is 2.08. The van der Waals surface area contributed by atoms with Crippen LogP contribution in [0.5, 0.6) is 5.75 Å². The van der Waals surface area contributed by atoms with E-state index in [-0.39, 0.29) is 0 Å². The Morgan fingerprint density at radius 2 is 0.943 bits per heavy atom. The zero-order chi connectivity index (χ0) is 50.5. The summed E-state index contributed by atoms with van der Waals surface area (Å²) in [6, 6.07) is 38.2. The normalized spacial score (nSPS) is 11.1. The van der Waals surface area contributed by atoms with Gasteiger partial charge < -0.3 is 4.74 Å². The van der Waals surface area contributed by atoms with Crippen molar-refractivity contribution in [3.63, 3.8) is 0 Å². The first kappa shape index (κ1) is 52.8. The zero-order valence-corrected chi connectivity index (χ0v) is 44.0. The quantitative estimate of drug-likeness (QED) is 0.162. The van der Waals surface area contributed by atoms with Crippen molar-refractivity contribution in [3.8, 4) is 5.75 Å². The van der Waals surface area contributed by atoms with Crippen LogP contribution in [0, 0.1) is 6.92 Å². The van der Waals surface area contributed by atoms with Crippen molar-refractivity contribution in [2.24, 2.45) is 0 Å². The van der Waals surface area contributed by atoms with Gasteiger partial charge in [0.15, 0.2) is 0 Å². The summed E-state index contributed by atoms with van der Waals surface area (Å²) in [7, 11) is 1.67. The van der Waals surface area contributed by atoms with Gasteiger partial charge in [-0.1, -0.05) is 135 Å². The molecule has 0 N–H and O–H groups in total. The molecule has 0 spiro atoms. The lowest BCUT2D eigenvalue weighted by Crippen LogP contribution is -1.95. The minimum Gasteiger partial charge on any atom is -0.494 e. The maximum atomic E-state index is 6.09. The minimum absolute atomic E-state index is 0.405. The van der Waals surface area contributed by atoms with E-state index in [9.17, 15) is 0 Å². The molecule has 0 atom stereocenters. The second-order valence-corrected chi connectivity index (χ2v) is 19.7. The number of ether oxygens (including phenoxy) is 1. The van der Waals surface area contributed by atoms with Crippen LogP contribution in [-0.4, -0.2) is 42.0 Å². The number of nitrogens with zero attached hydrogens (tertiary/aromatic N) is 7. The topological polar surface area (TPSA) is 99.5 Å². The summed E-state index contributed by atoms with van der Waals surface area (Å²) in [5, 5.41) is 4.89. The molecule has 0 saturated carbocycles. The van der Waals surface area contributed by atoms with Gasteiger partial charge >= 0.3 is 0 Å². The first-order valence-corrected chi connectivity index (χ1v) is 24.7. The number of halogens is 2. The van der Waals surface area contributed by atoms with Gasteiger partial charge in [0.25, 0.3) is 0 Å². The summed E-state index contributed by atoms with van der Waals surface area (Å²) in [5.41, 5.74) is 13.8. The maximum absolute atomic E-state index is 6.09. The molecular formula is C60H65Cl2N7O. The number of rotatable bonds is 6. The average molecular weight is 971 g/mol. The summed E-state index contributed by atoms with van der Waals surface area (Å²) in [6.07, 6.45) is 9.48. The van der Waals surface area contributed by atoms with Crippen molar-refractivity contribution >= 4 is 78.0 Å². The third kappa shape index (κ3) is 14.2. The molecule has 360 valence electrons. The fourth-order valence-electron chi connectivity index (χ4n) is 7.17. The lowest BCUT2D eigenvalue weighted by molar-refractivity contribution is 0.419. The van der Waals surface area contributed by atoms with Gasteiger partial charge in [-0.05, 0) is 132 Å². The molecule has 10 aromatic rings. The molecule has 0 aliphatic heterocycles. The second-order valence-electron chi connectivity index (χ2n) is 18.8. The Kier molecular flexibility index (Phi) is 18.7. The summed E-state index contributed by atoms with van der Waals surface area (Å²) in [6.45, 7) is 23.6. The third-order valence-corrected chi connectivity index (χ3v) is 12.2. The van der Waals surface area contributed by atoms with Gasteiger partial charge in [-0.2, -0.15) is 0 Å². The van der Waals surface area contributed by atoms with E-state index in [2.05, 4.69) is 154 Å². The fourth-order valence-corrected chi connectivity index (χ4v) is 7.56. The Labute approximate surface area is 424 Å². The van der Waals surface area contributed by atoms with E-state index in [0.29, 0.717) is 34.6 Å². The molecular weight excluding hydrogens is 906 g/mol. The molecule has 10 heteroatoms. The van der Waals surface area contributed by atoms with Crippen molar-refractivity contribution in [1.29, 1.82) is 0 Å². The molecule has 10 rings (SSSR count). The van der Waals surface area contributed by atoms with Gasteiger partial charge in [-0.25, -0.2) is 9.97 Å². The Morgan fingerprint density at radius 1 is 0.414 bits per heavy atom. The largest absolute Gasteiger partial charge is 0.494 e. The molecule has 0 saturated heterocycles. The number of hydrogen-bond acceptors (Lipinski definition) is 8. The molecule has 0 radical (unpaired) electrons. The highest BCUT2D eigenvalue weighted by molar-refractivity contribution is 6.35. The van der Waals surface area contributed by atoms with Crippen LogP contribution in [0.1, 0.15) is 132 Å². The van der Waals surface area contributed by atoms with Crippen LogP contribution >= 0.6 is 23.2 Å². The van der Waals surface area contributed by atoms with E-state index in [1.807, 2.05) is 104 Å². The summed E-state index contributed by atoms with van der Waals surface area (Å²) in [5.74, 6) is 3.23. The molecule has 0 bridgehead atoms. The number of pyridine rings is 3. The van der Waals surface area contributed by atoms with Gasteiger partial charge in [0.05, 0.1) is 51.6 Å². The highest BCUT2D eigenvalue weighted by atomic mass is 35.5. The molecule has 5 aromatic carbocycles. The molecule has 0 aliphatic carbocycles. The van der Waals surface area contributed by atoms with E-state index in [1.54, 1.807) is 7.11 Å². The van der Waals surface area contributed by atoms with Crippen LogP contribution in [0.3, 0.4) is 0 Å². The number of aromatic nitrogens is 7. The van der Waals surface area contributed by atoms with Crippen molar-refractivity contribution in [1.82, 2.24) is 34.9 Å². The predicted octanol–water partition coefficient (Wildman–Crippen LogP) is 17.2. The van der Waals surface area contributed by atoms with Gasteiger partial charge in [0.2, 0.25) is 0 Å². The number of hydrogen-bond donors (Lipinski definition) is 0. The number of methoxy groups -OCH3 is 1. The molecule has 5 aromatic heterocycles. The summed E-state index contributed by atoms with van der Waals surface area (Å²) in [4.78, 5) is 31.0. The first-order valence-electron chi connectivity index (χ1n) is 24.0. The lowest BCUT2D eigenvalue weighted by Gasteiger charge is -2.08. The number of fused-ring (bicyclic) bond motifs is 5. The van der Waals surface area contributed by atoms with Crippen molar-refractivity contribution in [3.05, 3.63) is 190 Å². The van der Waals surface area contributed by atoms with E-state index in [4.69, 9.17) is 27.9 Å². The third-order valence-electron chi connectivity index (χ3n) is 11.6. The SMILES string of the molecule is CC(C)c1cnc2cc(Cl)ccc2n1.CC(C)c1cnc2cccc(Cl)c2c1.CC(C)c1cnc2ccccc2c1.COc1cccc2cc(C(C)C)cnc12.Cc1ccc2ncc(C(C)C)nc2c1. The van der Waals surface area contributed by atoms with Crippen LogP contribution in [0.4, 0.5) is 0 Å². The molecule has 8 nitrogen and oxygen atoms in total. The molecule has 0 amide bonds. The van der Waals surface area contributed by atoms with Crippen molar-refractivity contribution < 1.29 is 4.74 Å². The van der Waals surface area contributed by atoms with E-state index in [0.717, 1.165) is 71.5 Å². The number of para-hydroxylation sites is 2. The van der Waals surface area contributed by atoms with E-state index >= 15 is 0 Å². The van der Waals surface area contributed by atoms with Crippen molar-refractivity contribution in [2.75, 3.05) is 7.11 Å². The average Bonchev–Trinajstić information content (AvgIpc) is 3.36. The Balaban J connectivity index is 0.000000144. The predicted molar refractivity (Wildman–Crippen MR) is 296 cm³/mol. The zero-order valence-electron chi connectivity index (χ0n) is 42.5. The van der Waals surface area contributed by atoms with E-state index < -0.39 is 0 Å². The van der Waals surface area contributed by atoms with Crippen LogP contribution in [0.15, 0.2) is 146 Å². The molecule has 70 heavy (non-hydrogen) atoms. The monoisotopic (exact) mass is 969 g/mol. The van der Waals surface area contributed by atoms with Crippen LogP contribution in [0.25, 0.3) is 54.8 Å². The van der Waals surface area contributed by atoms with E-state index in [1.165, 1.54) is 27.6 Å². The highest BCUT2D eigenvalue weighted by Crippen LogP contribution is 2.27. The summed E-state index contributed by atoms with van der Waals surface area (Å²) < 4.78 is 5.27. The maximum Gasteiger partial charge on any atom is 0.145 e. The minimum atomic E-state index is 0.405. The van der Waals surface area contributed by atoms with Crippen LogP contribution in [-0.2, 0) is 0 Å². The first-order chi connectivity index (χ1) is 33.5. The fraction of sp³-hybridized carbons (Fsp3) is 0.283. The van der Waals surface area contributed by atoms with Crippen LogP contribution in [0.2, 0.25) is 10.0 Å². The van der Waals surface area contributed by atoms with Gasteiger partial charge in [-0.15, -0.1) is 0 Å². The smallest absolute Gasteiger partial charge is 0.145 e. The van der Waals surface area contributed by atoms with Crippen molar-refractivity contribution in [2.45, 2.75) is 106 Å². The Bertz CT molecular complexity index is 3310. The van der Waals surface area contributed by atoms with Crippen LogP contribution < -0.4 is 4.74 Å². The van der Waals surface area contributed by atoms with Gasteiger partial charge in [0, 0.05) is 57.2 Å². The van der Waals surface area contributed by atoms with Gasteiger partial charge in [0.1, 0.15) is 11.3 Å².